The third-order valence-corrected chi connectivity index (χ3v) is 7.89. The Labute approximate surface area is 234 Å². The molecule has 0 aromatic carbocycles. The van der Waals surface area contributed by atoms with Gasteiger partial charge in [0.2, 0.25) is 23.8 Å². The number of hydrogen-bond donors (Lipinski definition) is 5. The smallest absolute Gasteiger partial charge is 0.278 e. The molecule has 8 rings (SSSR count). The van der Waals surface area contributed by atoms with Crippen LogP contribution >= 0.6 is 22.7 Å². The summed E-state index contributed by atoms with van der Waals surface area (Å²) < 4.78 is 3.09. The van der Waals surface area contributed by atoms with Crippen LogP contribution in [0.3, 0.4) is 0 Å². The number of aromatic nitrogens is 12. The van der Waals surface area contributed by atoms with Crippen LogP contribution in [0.2, 0.25) is 0 Å². The normalized spacial score (nSPS) is 11.7. The highest BCUT2D eigenvalue weighted by molar-refractivity contribution is 7.13. The van der Waals surface area contributed by atoms with E-state index in [0.717, 1.165) is 9.75 Å². The first-order valence-electron chi connectivity index (χ1n) is 11.9. The molecule has 0 saturated carbocycles. The molecule has 0 aliphatic rings. The zero-order chi connectivity index (χ0) is 27.7. The quantitative estimate of drug-likeness (QED) is 0.197. The number of H-pyrrole nitrogens is 2. The fraction of sp³-hybridized carbons (Fsp3) is 0. The summed E-state index contributed by atoms with van der Waals surface area (Å²) in [5.74, 6) is 0.553. The van der Waals surface area contributed by atoms with E-state index in [4.69, 9.17) is 11.5 Å². The maximum Gasteiger partial charge on any atom is 0.278 e. The van der Waals surface area contributed by atoms with Gasteiger partial charge >= 0.3 is 0 Å². The molecule has 8 aromatic rings. The van der Waals surface area contributed by atoms with Crippen molar-refractivity contribution >= 4 is 74.0 Å². The van der Waals surface area contributed by atoms with Crippen LogP contribution in [0, 0.1) is 0 Å². The first-order chi connectivity index (χ1) is 20.0. The highest BCUT2D eigenvalue weighted by Gasteiger charge is 2.19. The molecule has 0 unspecified atom stereocenters. The maximum atomic E-state index is 13.0. The minimum Gasteiger partial charge on any atom is -0.368 e. The first kappa shape index (κ1) is 23.2. The van der Waals surface area contributed by atoms with Crippen molar-refractivity contribution in [2.24, 2.45) is 0 Å². The highest BCUT2D eigenvalue weighted by Crippen LogP contribution is 2.31. The summed E-state index contributed by atoms with van der Waals surface area (Å²) in [5, 5.41) is 3.88. The number of fused-ring (bicyclic) bond motifs is 3. The first-order valence-corrected chi connectivity index (χ1v) is 13.6. The molecule has 0 spiro atoms. The lowest BCUT2D eigenvalue weighted by molar-refractivity contribution is 0.928. The predicted molar refractivity (Wildman–Crippen MR) is 155 cm³/mol. The molecule has 0 radical (unpaired) electrons. The molecule has 8 aromatic heterocycles. The van der Waals surface area contributed by atoms with E-state index in [1.807, 2.05) is 35.0 Å². The summed E-state index contributed by atoms with van der Waals surface area (Å²) in [6.07, 6.45) is 3.04. The Kier molecular flexibility index (Phi) is 4.87. The van der Waals surface area contributed by atoms with Crippen LogP contribution in [0.5, 0.6) is 0 Å². The molecular formula is C23H15N15OS2. The van der Waals surface area contributed by atoms with Gasteiger partial charge in [0.25, 0.3) is 5.56 Å². The van der Waals surface area contributed by atoms with E-state index >= 15 is 0 Å². The standard InChI is InChI=1S/C23H15N15OS2/c24-20-28-11(9-3-1-5-40-9)13-17(33-20)37(7-26-13)23-30-15-16(32-23)31-22(35-19(15)39)36-38-8-27-14-12(10-4-2-6-41-10)29-21(25)34-18(14)38/h1-8H,(H2,24,28,33)(H2,25,29,34)(H3,30,31,32,35,36,39). The van der Waals surface area contributed by atoms with Crippen molar-refractivity contribution in [3.8, 4) is 27.1 Å². The van der Waals surface area contributed by atoms with Gasteiger partial charge in [-0.3, -0.25) is 19.8 Å². The summed E-state index contributed by atoms with van der Waals surface area (Å²) in [6, 6.07) is 7.68. The molecule has 0 aliphatic carbocycles. The zero-order valence-corrected chi connectivity index (χ0v) is 22.1. The second-order valence-electron chi connectivity index (χ2n) is 8.67. The maximum absolute atomic E-state index is 13.0. The lowest BCUT2D eigenvalue weighted by Gasteiger charge is -2.07. The van der Waals surface area contributed by atoms with Crippen molar-refractivity contribution in [2.45, 2.75) is 0 Å². The molecular weight excluding hydrogens is 566 g/mol. The van der Waals surface area contributed by atoms with Crippen LogP contribution < -0.4 is 22.5 Å². The van der Waals surface area contributed by atoms with Crippen LogP contribution in [0.4, 0.5) is 17.8 Å². The Bertz CT molecular complexity index is 2290. The third kappa shape index (κ3) is 3.69. The van der Waals surface area contributed by atoms with Crippen molar-refractivity contribution in [1.29, 1.82) is 0 Å². The number of aromatic amines is 2. The van der Waals surface area contributed by atoms with E-state index in [9.17, 15) is 4.79 Å². The minimum atomic E-state index is -0.452. The van der Waals surface area contributed by atoms with E-state index in [1.165, 1.54) is 40.0 Å². The highest BCUT2D eigenvalue weighted by atomic mass is 32.1. The number of nitrogens with zero attached hydrogens (tertiary/aromatic N) is 10. The van der Waals surface area contributed by atoms with Gasteiger partial charge in [0.05, 0.1) is 9.75 Å². The number of hydrogen-bond acceptors (Lipinski definition) is 14. The fourth-order valence-electron chi connectivity index (χ4n) is 4.42. The molecule has 41 heavy (non-hydrogen) atoms. The van der Waals surface area contributed by atoms with Gasteiger partial charge in [0.15, 0.2) is 22.5 Å². The van der Waals surface area contributed by atoms with Gasteiger partial charge in [-0.1, -0.05) is 12.1 Å². The van der Waals surface area contributed by atoms with Crippen molar-refractivity contribution in [3.63, 3.8) is 0 Å². The van der Waals surface area contributed by atoms with E-state index in [1.54, 1.807) is 4.57 Å². The van der Waals surface area contributed by atoms with Crippen LogP contribution in [-0.4, -0.2) is 59.1 Å². The van der Waals surface area contributed by atoms with Gasteiger partial charge in [-0.2, -0.15) is 19.9 Å². The van der Waals surface area contributed by atoms with Gasteiger partial charge in [0, 0.05) is 0 Å². The lowest BCUT2D eigenvalue weighted by atomic mass is 10.3. The van der Waals surface area contributed by atoms with E-state index in [-0.39, 0.29) is 35.0 Å². The summed E-state index contributed by atoms with van der Waals surface area (Å²) in [5.41, 5.74) is 18.0. The number of anilines is 3. The van der Waals surface area contributed by atoms with Crippen molar-refractivity contribution in [2.75, 3.05) is 16.9 Å². The van der Waals surface area contributed by atoms with Crippen molar-refractivity contribution in [1.82, 2.24) is 59.1 Å². The molecule has 0 amide bonds. The van der Waals surface area contributed by atoms with E-state index < -0.39 is 5.56 Å². The molecule has 200 valence electrons. The Morgan fingerprint density at radius 1 is 0.780 bits per heavy atom. The van der Waals surface area contributed by atoms with Gasteiger partial charge in [-0.05, 0) is 22.9 Å². The van der Waals surface area contributed by atoms with Gasteiger partial charge in [-0.25, -0.2) is 24.6 Å². The molecule has 8 heterocycles. The Balaban J connectivity index is 1.20. The van der Waals surface area contributed by atoms with Gasteiger partial charge < -0.3 is 16.5 Å². The number of rotatable bonds is 5. The molecule has 0 fully saturated rings. The van der Waals surface area contributed by atoms with Crippen LogP contribution in [-0.2, 0) is 0 Å². The topological polar surface area (TPSA) is 226 Å². The molecule has 16 nitrogen and oxygen atoms in total. The van der Waals surface area contributed by atoms with Crippen molar-refractivity contribution in [3.05, 3.63) is 58.0 Å². The number of nitrogens with two attached hydrogens (primary N) is 2. The number of imidazole rings is 3. The molecule has 0 saturated heterocycles. The SMILES string of the molecule is Nc1nc(-c2cccs2)c2ncn(Nc3nc4nc(-n5cnc6c(-c7cccs7)nc(N)nc65)[nH]c4c(=O)[nH]3)c2n1. The monoisotopic (exact) mass is 581 g/mol. The second-order valence-corrected chi connectivity index (χ2v) is 10.6. The molecule has 7 N–H and O–H groups in total. The number of thiophene rings is 2. The lowest BCUT2D eigenvalue weighted by Crippen LogP contribution is -2.17. The Hall–Kier alpha value is -5.75. The summed E-state index contributed by atoms with van der Waals surface area (Å²) in [7, 11) is 0. The summed E-state index contributed by atoms with van der Waals surface area (Å²) in [6.45, 7) is 0. The van der Waals surface area contributed by atoms with Crippen LogP contribution in [0.25, 0.3) is 60.6 Å². The van der Waals surface area contributed by atoms with Gasteiger partial charge in [0.1, 0.15) is 35.1 Å². The summed E-state index contributed by atoms with van der Waals surface area (Å²) >= 11 is 3.02. The fourth-order valence-corrected chi connectivity index (χ4v) is 5.85. The van der Waals surface area contributed by atoms with E-state index in [2.05, 4.69) is 55.3 Å². The average Bonchev–Trinajstić information content (AvgIpc) is 3.78. The Morgan fingerprint density at radius 2 is 1.44 bits per heavy atom. The number of nitrogens with one attached hydrogen (secondary N) is 3. The molecule has 18 heteroatoms. The average molecular weight is 582 g/mol. The largest absolute Gasteiger partial charge is 0.368 e. The van der Waals surface area contributed by atoms with Crippen molar-refractivity contribution < 1.29 is 0 Å². The summed E-state index contributed by atoms with van der Waals surface area (Å²) in [4.78, 5) is 55.9. The third-order valence-electron chi connectivity index (χ3n) is 6.14. The minimum absolute atomic E-state index is 0.0811. The van der Waals surface area contributed by atoms with Crippen LogP contribution in [0.1, 0.15) is 0 Å². The van der Waals surface area contributed by atoms with E-state index in [0.29, 0.717) is 33.7 Å². The number of nitrogen functional groups attached to an aromatic ring is 2. The van der Waals surface area contributed by atoms with Crippen LogP contribution in [0.15, 0.2) is 52.5 Å². The van der Waals surface area contributed by atoms with Gasteiger partial charge in [-0.15, -0.1) is 22.7 Å². The molecule has 0 aliphatic heterocycles. The zero-order valence-electron chi connectivity index (χ0n) is 20.5. The predicted octanol–water partition coefficient (Wildman–Crippen LogP) is 2.41. The molecule has 0 bridgehead atoms. The molecule has 0 atom stereocenters. The Morgan fingerprint density at radius 3 is 2.12 bits per heavy atom. The second kappa shape index (κ2) is 8.63.